The summed E-state index contributed by atoms with van der Waals surface area (Å²) in [6.07, 6.45) is 1.62. The average Bonchev–Trinajstić information content (AvgIpc) is 2.64. The Kier molecular flexibility index (Phi) is 4.93. The number of rotatable bonds is 4. The number of carbonyl (C=O) groups excluding carboxylic acids is 1. The molecule has 2 heterocycles. The zero-order valence-electron chi connectivity index (χ0n) is 14.2. The average molecular weight is 325 g/mol. The quantitative estimate of drug-likeness (QED) is 0.863. The maximum Gasteiger partial charge on any atom is 0.219 e. The lowest BCUT2D eigenvalue weighted by Crippen LogP contribution is -2.48. The van der Waals surface area contributed by atoms with Crippen LogP contribution in [0.1, 0.15) is 13.8 Å². The number of anilines is 3. The number of amides is 1. The molecule has 126 valence electrons. The molecule has 1 aromatic carbocycles. The summed E-state index contributed by atoms with van der Waals surface area (Å²) in [6.45, 7) is 7.65. The molecule has 2 aromatic rings. The van der Waals surface area contributed by atoms with Gasteiger partial charge in [0.2, 0.25) is 5.91 Å². The molecule has 6 nitrogen and oxygen atoms in total. The maximum absolute atomic E-state index is 11.5. The molecule has 0 spiro atoms. The molecule has 0 saturated carbocycles. The van der Waals surface area contributed by atoms with Crippen molar-refractivity contribution >= 4 is 23.2 Å². The van der Waals surface area contributed by atoms with Gasteiger partial charge in [-0.05, 0) is 19.1 Å². The lowest BCUT2D eigenvalue weighted by atomic mass is 10.2. The second kappa shape index (κ2) is 7.29. The molecule has 0 bridgehead atoms. The highest BCUT2D eigenvalue weighted by atomic mass is 16.2. The highest BCUT2D eigenvalue weighted by Gasteiger charge is 2.20. The first-order valence-corrected chi connectivity index (χ1v) is 8.34. The smallest absolute Gasteiger partial charge is 0.219 e. The Morgan fingerprint density at radius 3 is 2.46 bits per heavy atom. The van der Waals surface area contributed by atoms with Gasteiger partial charge in [-0.1, -0.05) is 18.2 Å². The van der Waals surface area contributed by atoms with E-state index in [1.54, 1.807) is 13.3 Å². The topological polar surface area (TPSA) is 52.6 Å². The molecule has 0 aliphatic carbocycles. The van der Waals surface area contributed by atoms with Crippen LogP contribution in [0.15, 0.2) is 42.7 Å². The fourth-order valence-electron chi connectivity index (χ4n) is 2.99. The van der Waals surface area contributed by atoms with E-state index >= 15 is 0 Å². The Morgan fingerprint density at radius 2 is 1.83 bits per heavy atom. The molecule has 1 amide bonds. The Labute approximate surface area is 142 Å². The van der Waals surface area contributed by atoms with E-state index in [-0.39, 0.29) is 5.91 Å². The number of para-hydroxylation sites is 1. The highest BCUT2D eigenvalue weighted by molar-refractivity contribution is 5.73. The van der Waals surface area contributed by atoms with Crippen LogP contribution in [0.2, 0.25) is 0 Å². The van der Waals surface area contributed by atoms with Crippen molar-refractivity contribution < 1.29 is 4.79 Å². The van der Waals surface area contributed by atoms with Gasteiger partial charge in [0, 0.05) is 51.4 Å². The van der Waals surface area contributed by atoms with E-state index in [4.69, 9.17) is 0 Å². The number of piperazine rings is 1. The zero-order chi connectivity index (χ0) is 16.9. The molecule has 0 radical (unpaired) electrons. The number of aromatic nitrogens is 2. The highest BCUT2D eigenvalue weighted by Crippen LogP contribution is 2.25. The van der Waals surface area contributed by atoms with Crippen molar-refractivity contribution in [2.45, 2.75) is 13.8 Å². The summed E-state index contributed by atoms with van der Waals surface area (Å²) in [7, 11) is 0. The zero-order valence-corrected chi connectivity index (χ0v) is 14.2. The van der Waals surface area contributed by atoms with Crippen LogP contribution in [0.5, 0.6) is 0 Å². The summed E-state index contributed by atoms with van der Waals surface area (Å²) in [5, 5.41) is 0. The molecule has 1 aliphatic rings. The van der Waals surface area contributed by atoms with Crippen LogP contribution in [0, 0.1) is 0 Å². The van der Waals surface area contributed by atoms with Crippen LogP contribution >= 0.6 is 0 Å². The second-order valence-electron chi connectivity index (χ2n) is 5.81. The minimum absolute atomic E-state index is 0.138. The van der Waals surface area contributed by atoms with Crippen molar-refractivity contribution in [2.75, 3.05) is 42.5 Å². The van der Waals surface area contributed by atoms with Gasteiger partial charge in [0.25, 0.3) is 0 Å². The Balaban J connectivity index is 1.78. The molecule has 1 aromatic heterocycles. The second-order valence-corrected chi connectivity index (χ2v) is 5.81. The van der Waals surface area contributed by atoms with Crippen LogP contribution in [0.4, 0.5) is 17.3 Å². The Bertz CT molecular complexity index is 683. The third-order valence-electron chi connectivity index (χ3n) is 4.35. The maximum atomic E-state index is 11.5. The van der Waals surface area contributed by atoms with E-state index in [1.807, 2.05) is 29.2 Å². The SMILES string of the molecule is CCN(c1ccccc1)c1cc(N2CCN(C(C)=O)CC2)ncn1. The first-order valence-electron chi connectivity index (χ1n) is 8.34. The van der Waals surface area contributed by atoms with Gasteiger partial charge < -0.3 is 14.7 Å². The molecule has 0 unspecified atom stereocenters. The van der Waals surface area contributed by atoms with Crippen molar-refractivity contribution in [1.82, 2.24) is 14.9 Å². The van der Waals surface area contributed by atoms with E-state index in [0.29, 0.717) is 0 Å². The normalized spacial score (nSPS) is 14.6. The van der Waals surface area contributed by atoms with Crippen molar-refractivity contribution in [3.05, 3.63) is 42.7 Å². The molecule has 1 aliphatic heterocycles. The van der Waals surface area contributed by atoms with Crippen molar-refractivity contribution in [3.63, 3.8) is 0 Å². The predicted octanol–water partition coefficient (Wildman–Crippen LogP) is 2.30. The molecular weight excluding hydrogens is 302 g/mol. The van der Waals surface area contributed by atoms with Gasteiger partial charge in [0.1, 0.15) is 18.0 Å². The molecular formula is C18H23N5O. The lowest BCUT2D eigenvalue weighted by molar-refractivity contribution is -0.129. The number of nitrogens with zero attached hydrogens (tertiary/aromatic N) is 5. The summed E-state index contributed by atoms with van der Waals surface area (Å²) < 4.78 is 0. The molecule has 6 heteroatoms. The third kappa shape index (κ3) is 3.48. The van der Waals surface area contributed by atoms with Crippen LogP contribution in [-0.2, 0) is 4.79 Å². The standard InChI is InChI=1S/C18H23N5O/c1-3-23(16-7-5-4-6-8-16)18-13-17(19-14-20-18)22-11-9-21(10-12-22)15(2)24/h4-8,13-14H,3,9-12H2,1-2H3. The number of benzene rings is 1. The van der Waals surface area contributed by atoms with E-state index in [1.165, 1.54) is 0 Å². The fourth-order valence-corrected chi connectivity index (χ4v) is 2.99. The van der Waals surface area contributed by atoms with E-state index in [9.17, 15) is 4.79 Å². The van der Waals surface area contributed by atoms with Crippen molar-refractivity contribution in [3.8, 4) is 0 Å². The fraction of sp³-hybridized carbons (Fsp3) is 0.389. The van der Waals surface area contributed by atoms with Gasteiger partial charge in [0.05, 0.1) is 0 Å². The third-order valence-corrected chi connectivity index (χ3v) is 4.35. The van der Waals surface area contributed by atoms with Crippen molar-refractivity contribution in [1.29, 1.82) is 0 Å². The number of carbonyl (C=O) groups is 1. The van der Waals surface area contributed by atoms with Crippen molar-refractivity contribution in [2.24, 2.45) is 0 Å². The van der Waals surface area contributed by atoms with Gasteiger partial charge in [-0.25, -0.2) is 9.97 Å². The van der Waals surface area contributed by atoms with Crippen LogP contribution in [-0.4, -0.2) is 53.5 Å². The first kappa shape index (κ1) is 16.2. The summed E-state index contributed by atoms with van der Waals surface area (Å²) in [4.78, 5) is 26.6. The predicted molar refractivity (Wildman–Crippen MR) is 95.6 cm³/mol. The number of hydrogen-bond acceptors (Lipinski definition) is 5. The van der Waals surface area contributed by atoms with Gasteiger partial charge in [-0.15, -0.1) is 0 Å². The van der Waals surface area contributed by atoms with Crippen LogP contribution < -0.4 is 9.80 Å². The first-order chi connectivity index (χ1) is 11.7. The molecule has 0 N–H and O–H groups in total. The molecule has 1 fully saturated rings. The summed E-state index contributed by atoms with van der Waals surface area (Å²) in [6, 6.07) is 12.3. The molecule has 0 atom stereocenters. The Morgan fingerprint density at radius 1 is 1.12 bits per heavy atom. The summed E-state index contributed by atoms with van der Waals surface area (Å²) in [5.74, 6) is 1.94. The summed E-state index contributed by atoms with van der Waals surface area (Å²) in [5.41, 5.74) is 1.12. The molecule has 3 rings (SSSR count). The van der Waals surface area contributed by atoms with Gasteiger partial charge in [-0.2, -0.15) is 0 Å². The van der Waals surface area contributed by atoms with Gasteiger partial charge >= 0.3 is 0 Å². The summed E-state index contributed by atoms with van der Waals surface area (Å²) >= 11 is 0. The van der Waals surface area contributed by atoms with E-state index in [0.717, 1.165) is 50.0 Å². The van der Waals surface area contributed by atoms with E-state index < -0.39 is 0 Å². The minimum atomic E-state index is 0.138. The van der Waals surface area contributed by atoms with Gasteiger partial charge in [0.15, 0.2) is 0 Å². The van der Waals surface area contributed by atoms with Gasteiger partial charge in [-0.3, -0.25) is 4.79 Å². The van der Waals surface area contributed by atoms with E-state index in [2.05, 4.69) is 38.8 Å². The molecule has 24 heavy (non-hydrogen) atoms. The monoisotopic (exact) mass is 325 g/mol. The number of hydrogen-bond donors (Lipinski definition) is 0. The Hall–Kier alpha value is -2.63. The van der Waals surface area contributed by atoms with Crippen LogP contribution in [0.25, 0.3) is 0 Å². The lowest BCUT2D eigenvalue weighted by Gasteiger charge is -2.35. The van der Waals surface area contributed by atoms with Crippen LogP contribution in [0.3, 0.4) is 0 Å². The minimum Gasteiger partial charge on any atom is -0.353 e. The largest absolute Gasteiger partial charge is 0.353 e. The molecule has 1 saturated heterocycles.